The molecule has 0 unspecified atom stereocenters. The molecule has 6 nitrogen and oxygen atoms in total. The maximum absolute atomic E-state index is 9.65. The Kier molecular flexibility index (Phi) is 12.8. The number of carboxylic acid groups (broad SMARTS) is 1. The lowest BCUT2D eigenvalue weighted by Gasteiger charge is -1.96. The molecule has 0 aromatic carbocycles. The van der Waals surface area contributed by atoms with Crippen LogP contribution < -0.4 is 5.73 Å². The quantitative estimate of drug-likeness (QED) is 0.370. The molecule has 0 saturated carbocycles. The predicted octanol–water partition coefficient (Wildman–Crippen LogP) is -3.26. The summed E-state index contributed by atoms with van der Waals surface area (Å²) in [5.41, 5.74) is 4.77. The summed E-state index contributed by atoms with van der Waals surface area (Å²) in [6.07, 6.45) is 0. The SMILES string of the molecule is N[C@@H](CO)C(=O)O.O.O. The molecule has 0 aromatic heterocycles. The van der Waals surface area contributed by atoms with Gasteiger partial charge in [-0.15, -0.1) is 0 Å². The largest absolute Gasteiger partial charge is 0.480 e. The lowest BCUT2D eigenvalue weighted by atomic mass is 10.3. The Bertz CT molecular complexity index is 74.6. The Hall–Kier alpha value is -0.690. The Morgan fingerprint density at radius 3 is 1.89 bits per heavy atom. The van der Waals surface area contributed by atoms with E-state index in [0.717, 1.165) is 0 Å². The smallest absolute Gasteiger partial charge is 0.322 e. The van der Waals surface area contributed by atoms with Crippen LogP contribution in [0.3, 0.4) is 0 Å². The fourth-order valence-electron chi connectivity index (χ4n) is 0.0781. The van der Waals surface area contributed by atoms with Gasteiger partial charge in [0.05, 0.1) is 6.61 Å². The van der Waals surface area contributed by atoms with Crippen LogP contribution in [0, 0.1) is 0 Å². The number of aliphatic hydroxyl groups excluding tert-OH is 1. The second-order valence-corrected chi connectivity index (χ2v) is 1.13. The topological polar surface area (TPSA) is 147 Å². The summed E-state index contributed by atoms with van der Waals surface area (Å²) in [6, 6.07) is -1.13. The zero-order valence-corrected chi connectivity index (χ0v) is 4.66. The summed E-state index contributed by atoms with van der Waals surface area (Å²) >= 11 is 0. The van der Waals surface area contributed by atoms with E-state index in [2.05, 4.69) is 0 Å². The molecule has 0 aliphatic rings. The number of hydrogen-bond acceptors (Lipinski definition) is 3. The van der Waals surface area contributed by atoms with Crippen molar-refractivity contribution in [1.29, 1.82) is 0 Å². The van der Waals surface area contributed by atoms with Gasteiger partial charge in [-0.3, -0.25) is 4.79 Å². The van der Waals surface area contributed by atoms with E-state index in [9.17, 15) is 4.79 Å². The van der Waals surface area contributed by atoms with Crippen molar-refractivity contribution in [3.63, 3.8) is 0 Å². The lowest BCUT2D eigenvalue weighted by molar-refractivity contribution is -0.139. The van der Waals surface area contributed by atoms with E-state index in [-0.39, 0.29) is 11.0 Å². The average molecular weight is 141 g/mol. The fraction of sp³-hybridized carbons (Fsp3) is 0.667. The maximum Gasteiger partial charge on any atom is 0.322 e. The minimum absolute atomic E-state index is 0. The molecule has 8 N–H and O–H groups in total. The van der Waals surface area contributed by atoms with E-state index < -0.39 is 18.6 Å². The first kappa shape index (κ1) is 15.7. The van der Waals surface area contributed by atoms with Crippen LogP contribution in [0.25, 0.3) is 0 Å². The monoisotopic (exact) mass is 141 g/mol. The Balaban J connectivity index is -0.000000180. The highest BCUT2D eigenvalue weighted by molar-refractivity contribution is 5.73. The molecule has 0 aliphatic carbocycles. The van der Waals surface area contributed by atoms with Gasteiger partial charge < -0.3 is 26.9 Å². The van der Waals surface area contributed by atoms with E-state index in [1.54, 1.807) is 0 Å². The molecule has 0 radical (unpaired) electrons. The highest BCUT2D eigenvalue weighted by Gasteiger charge is 2.06. The normalized spacial score (nSPS) is 10.4. The van der Waals surface area contributed by atoms with Crippen molar-refractivity contribution in [2.45, 2.75) is 6.04 Å². The average Bonchev–Trinajstić information content (AvgIpc) is 1.65. The number of aliphatic carboxylic acids is 1. The second-order valence-electron chi connectivity index (χ2n) is 1.13. The minimum atomic E-state index is -1.18. The van der Waals surface area contributed by atoms with Gasteiger partial charge in [-0.05, 0) is 0 Å². The van der Waals surface area contributed by atoms with E-state index in [1.807, 2.05) is 0 Å². The zero-order valence-electron chi connectivity index (χ0n) is 4.66. The van der Waals surface area contributed by atoms with Gasteiger partial charge in [-0.25, -0.2) is 0 Å². The molecule has 0 fully saturated rings. The van der Waals surface area contributed by atoms with Gasteiger partial charge in [0.2, 0.25) is 0 Å². The van der Waals surface area contributed by atoms with Gasteiger partial charge >= 0.3 is 5.97 Å². The van der Waals surface area contributed by atoms with Crippen molar-refractivity contribution in [2.75, 3.05) is 6.61 Å². The Morgan fingerprint density at radius 1 is 1.56 bits per heavy atom. The van der Waals surface area contributed by atoms with Crippen LogP contribution >= 0.6 is 0 Å². The molecule has 0 aromatic rings. The number of aliphatic hydroxyl groups is 1. The van der Waals surface area contributed by atoms with Crippen molar-refractivity contribution in [3.8, 4) is 0 Å². The van der Waals surface area contributed by atoms with Gasteiger partial charge in [0.15, 0.2) is 0 Å². The third-order valence-electron chi connectivity index (χ3n) is 0.514. The van der Waals surface area contributed by atoms with E-state index in [1.165, 1.54) is 0 Å². The van der Waals surface area contributed by atoms with Gasteiger partial charge in [-0.1, -0.05) is 0 Å². The third-order valence-corrected chi connectivity index (χ3v) is 0.514. The predicted molar refractivity (Wildman–Crippen MR) is 29.9 cm³/mol. The van der Waals surface area contributed by atoms with Gasteiger partial charge in [0, 0.05) is 0 Å². The first-order valence-electron chi connectivity index (χ1n) is 1.77. The molecular formula is C3H11NO5. The number of rotatable bonds is 2. The minimum Gasteiger partial charge on any atom is -0.480 e. The highest BCUT2D eigenvalue weighted by atomic mass is 16.4. The fourth-order valence-corrected chi connectivity index (χ4v) is 0.0781. The molecule has 0 rings (SSSR count). The molecule has 0 amide bonds. The van der Waals surface area contributed by atoms with Crippen LogP contribution in [-0.2, 0) is 4.79 Å². The van der Waals surface area contributed by atoms with Crippen molar-refractivity contribution in [2.24, 2.45) is 5.73 Å². The van der Waals surface area contributed by atoms with Crippen molar-refractivity contribution in [1.82, 2.24) is 0 Å². The van der Waals surface area contributed by atoms with E-state index in [0.29, 0.717) is 0 Å². The van der Waals surface area contributed by atoms with Crippen LogP contribution in [0.15, 0.2) is 0 Å². The summed E-state index contributed by atoms with van der Waals surface area (Å²) in [6.45, 7) is -0.505. The third kappa shape index (κ3) is 7.31. The summed E-state index contributed by atoms with van der Waals surface area (Å²) in [5.74, 6) is -1.18. The summed E-state index contributed by atoms with van der Waals surface area (Å²) < 4.78 is 0. The van der Waals surface area contributed by atoms with Gasteiger partial charge in [-0.2, -0.15) is 0 Å². The standard InChI is InChI=1S/C3H7NO3.2H2O/c4-2(1-5)3(6)7;;/h2,5H,1,4H2,(H,6,7);2*1H2/t2-;;/m0../s1. The lowest BCUT2D eigenvalue weighted by Crippen LogP contribution is -2.33. The number of carboxylic acids is 1. The first-order valence-corrected chi connectivity index (χ1v) is 1.77. The summed E-state index contributed by atoms with van der Waals surface area (Å²) in [7, 11) is 0. The molecule has 58 valence electrons. The molecule has 0 spiro atoms. The molecule has 1 atom stereocenters. The molecule has 0 aliphatic heterocycles. The second kappa shape index (κ2) is 7.31. The van der Waals surface area contributed by atoms with Crippen LogP contribution in [0.1, 0.15) is 0 Å². The van der Waals surface area contributed by atoms with Crippen LogP contribution in [0.2, 0.25) is 0 Å². The first-order chi connectivity index (χ1) is 3.18. The van der Waals surface area contributed by atoms with Crippen molar-refractivity contribution >= 4 is 5.97 Å². The molecule has 0 heterocycles. The number of hydrogen-bond donors (Lipinski definition) is 3. The summed E-state index contributed by atoms with van der Waals surface area (Å²) in [4.78, 5) is 9.65. The van der Waals surface area contributed by atoms with Gasteiger partial charge in [0.1, 0.15) is 6.04 Å². The molecule has 6 heteroatoms. The molecule has 0 saturated heterocycles. The van der Waals surface area contributed by atoms with E-state index >= 15 is 0 Å². The number of nitrogens with two attached hydrogens (primary N) is 1. The van der Waals surface area contributed by atoms with Crippen LogP contribution in [0.5, 0.6) is 0 Å². The summed E-state index contributed by atoms with van der Waals surface area (Å²) in [5, 5.41) is 15.9. The molecular weight excluding hydrogens is 130 g/mol. The number of carbonyl (C=O) groups is 1. The zero-order chi connectivity index (χ0) is 5.86. The van der Waals surface area contributed by atoms with Crippen LogP contribution in [0.4, 0.5) is 0 Å². The highest BCUT2D eigenvalue weighted by Crippen LogP contribution is 1.71. The maximum atomic E-state index is 9.65. The van der Waals surface area contributed by atoms with Crippen molar-refractivity contribution < 1.29 is 26.0 Å². The molecule has 0 bridgehead atoms. The van der Waals surface area contributed by atoms with Gasteiger partial charge in [0.25, 0.3) is 0 Å². The van der Waals surface area contributed by atoms with Crippen LogP contribution in [-0.4, -0.2) is 39.8 Å². The Labute approximate surface area is 51.5 Å². The Morgan fingerprint density at radius 2 is 1.89 bits per heavy atom. The molecule has 9 heavy (non-hydrogen) atoms. The van der Waals surface area contributed by atoms with Crippen molar-refractivity contribution in [3.05, 3.63) is 0 Å². The van der Waals surface area contributed by atoms with E-state index in [4.69, 9.17) is 15.9 Å².